The highest BCUT2D eigenvalue weighted by Gasteiger charge is 2.10. The van der Waals surface area contributed by atoms with Crippen molar-refractivity contribution in [2.45, 2.75) is 6.92 Å². The Balaban J connectivity index is 1.59. The third-order valence-electron chi connectivity index (χ3n) is 3.06. The minimum Gasteiger partial charge on any atom is -0.457 e. The lowest BCUT2D eigenvalue weighted by Gasteiger charge is -2.02. The fourth-order valence-electron chi connectivity index (χ4n) is 1.79. The van der Waals surface area contributed by atoms with Gasteiger partial charge < -0.3 is 9.15 Å². The summed E-state index contributed by atoms with van der Waals surface area (Å²) in [5, 5.41) is 11.4. The molecular formula is C16H13N5O4. The average molecular weight is 339 g/mol. The summed E-state index contributed by atoms with van der Waals surface area (Å²) in [5.41, 5.74) is 3.25. The van der Waals surface area contributed by atoms with Crippen molar-refractivity contribution in [3.63, 3.8) is 0 Å². The minimum atomic E-state index is -0.574. The van der Waals surface area contributed by atoms with Crippen LogP contribution in [-0.2, 0) is 0 Å². The van der Waals surface area contributed by atoms with Crippen LogP contribution in [0.4, 0.5) is 5.95 Å². The van der Waals surface area contributed by atoms with E-state index in [0.29, 0.717) is 5.75 Å². The summed E-state index contributed by atoms with van der Waals surface area (Å²) in [5.74, 6) is 0.0640. The number of benzene rings is 1. The van der Waals surface area contributed by atoms with E-state index in [0.717, 1.165) is 5.56 Å². The zero-order valence-electron chi connectivity index (χ0n) is 13.1. The first-order valence-corrected chi connectivity index (χ1v) is 7.20. The predicted molar refractivity (Wildman–Crippen MR) is 88.7 cm³/mol. The van der Waals surface area contributed by atoms with Gasteiger partial charge in [0.25, 0.3) is 5.56 Å². The minimum absolute atomic E-state index is 0.128. The summed E-state index contributed by atoms with van der Waals surface area (Å²) in [6.45, 7) is 1.55. The number of esters is 1. The maximum absolute atomic E-state index is 11.7. The van der Waals surface area contributed by atoms with Crippen LogP contribution in [0.25, 0.3) is 0 Å². The van der Waals surface area contributed by atoms with Gasteiger partial charge in [-0.05, 0) is 48.9 Å². The molecule has 3 aromatic rings. The number of nitrogens with zero attached hydrogens (tertiary/aromatic N) is 3. The normalized spacial score (nSPS) is 10.8. The number of hydrogen-bond acceptors (Lipinski definition) is 8. The first-order chi connectivity index (χ1) is 12.1. The molecule has 0 saturated heterocycles. The summed E-state index contributed by atoms with van der Waals surface area (Å²) >= 11 is 0. The van der Waals surface area contributed by atoms with Crippen LogP contribution in [0.1, 0.15) is 21.8 Å². The smallest absolute Gasteiger partial charge is 0.379 e. The molecule has 2 aromatic heterocycles. The quantitative estimate of drug-likeness (QED) is 0.314. The number of carbonyl (C=O) groups excluding carboxylic acids is 1. The number of ether oxygens (including phenoxy) is 1. The topological polar surface area (TPSA) is 122 Å². The van der Waals surface area contributed by atoms with Gasteiger partial charge in [-0.25, -0.2) is 10.2 Å². The van der Waals surface area contributed by atoms with Crippen molar-refractivity contribution in [3.8, 4) is 5.75 Å². The predicted octanol–water partition coefficient (Wildman–Crippen LogP) is 1.73. The molecule has 0 fully saturated rings. The standard InChI is InChI=1S/C16H13N5O4/c1-10-14(22)18-16(21-19-10)20-17-9-11-4-6-12(7-5-11)25-15(23)13-3-2-8-24-13/h2-9H,1H3,(H2,18,20,21,22)/b17-9+. The lowest BCUT2D eigenvalue weighted by molar-refractivity contribution is 0.0701. The summed E-state index contributed by atoms with van der Waals surface area (Å²) < 4.78 is 10.1. The highest BCUT2D eigenvalue weighted by atomic mass is 16.5. The highest BCUT2D eigenvalue weighted by molar-refractivity contribution is 5.88. The maximum atomic E-state index is 11.7. The molecule has 126 valence electrons. The summed E-state index contributed by atoms with van der Waals surface area (Å²) in [6, 6.07) is 9.78. The van der Waals surface area contributed by atoms with Crippen LogP contribution >= 0.6 is 0 Å². The summed E-state index contributed by atoms with van der Waals surface area (Å²) in [4.78, 5) is 25.6. The van der Waals surface area contributed by atoms with Gasteiger partial charge >= 0.3 is 5.97 Å². The van der Waals surface area contributed by atoms with Crippen molar-refractivity contribution in [3.05, 3.63) is 70.0 Å². The van der Waals surface area contributed by atoms with Crippen LogP contribution in [-0.4, -0.2) is 27.4 Å². The highest BCUT2D eigenvalue weighted by Crippen LogP contribution is 2.14. The van der Waals surface area contributed by atoms with E-state index < -0.39 is 5.97 Å². The summed E-state index contributed by atoms with van der Waals surface area (Å²) in [7, 11) is 0. The van der Waals surface area contributed by atoms with Crippen molar-refractivity contribution in [1.29, 1.82) is 0 Å². The molecule has 0 aliphatic carbocycles. The molecule has 0 aliphatic rings. The number of H-pyrrole nitrogens is 1. The van der Waals surface area contributed by atoms with Gasteiger partial charge in [0.05, 0.1) is 12.5 Å². The first-order valence-electron chi connectivity index (χ1n) is 7.20. The Bertz CT molecular complexity index is 945. The summed E-state index contributed by atoms with van der Waals surface area (Å²) in [6.07, 6.45) is 2.91. The third-order valence-corrected chi connectivity index (χ3v) is 3.06. The van der Waals surface area contributed by atoms with E-state index in [2.05, 4.69) is 25.7 Å². The Labute approximate surface area is 141 Å². The van der Waals surface area contributed by atoms with Gasteiger partial charge in [-0.15, -0.1) is 10.2 Å². The zero-order valence-corrected chi connectivity index (χ0v) is 13.1. The molecule has 3 rings (SSSR count). The second-order valence-corrected chi connectivity index (χ2v) is 4.89. The van der Waals surface area contributed by atoms with Crippen LogP contribution in [0.5, 0.6) is 5.75 Å². The van der Waals surface area contributed by atoms with Crippen LogP contribution in [0, 0.1) is 6.92 Å². The first kappa shape index (κ1) is 16.1. The average Bonchev–Trinajstić information content (AvgIpc) is 3.14. The van der Waals surface area contributed by atoms with E-state index in [1.807, 2.05) is 0 Å². The number of furan rings is 1. The van der Waals surface area contributed by atoms with E-state index in [9.17, 15) is 9.59 Å². The molecular weight excluding hydrogens is 326 g/mol. The SMILES string of the molecule is Cc1nnc(N/N=C/c2ccc(OC(=O)c3ccco3)cc2)[nH]c1=O. The number of aryl methyl sites for hydroxylation is 1. The number of hydrogen-bond donors (Lipinski definition) is 2. The van der Waals surface area contributed by atoms with E-state index in [1.54, 1.807) is 37.3 Å². The van der Waals surface area contributed by atoms with E-state index in [-0.39, 0.29) is 23.0 Å². The lowest BCUT2D eigenvalue weighted by atomic mass is 10.2. The van der Waals surface area contributed by atoms with Crippen molar-refractivity contribution in [2.24, 2.45) is 5.10 Å². The van der Waals surface area contributed by atoms with Gasteiger partial charge in [0.1, 0.15) is 11.4 Å². The van der Waals surface area contributed by atoms with Gasteiger partial charge in [0.2, 0.25) is 11.7 Å². The zero-order chi connectivity index (χ0) is 17.6. The number of hydrazone groups is 1. The van der Waals surface area contributed by atoms with Crippen molar-refractivity contribution in [2.75, 3.05) is 5.43 Å². The van der Waals surface area contributed by atoms with Gasteiger partial charge in [-0.2, -0.15) is 5.10 Å². The maximum Gasteiger partial charge on any atom is 0.379 e. The van der Waals surface area contributed by atoms with Crippen LogP contribution < -0.4 is 15.7 Å². The van der Waals surface area contributed by atoms with E-state index in [4.69, 9.17) is 9.15 Å². The second-order valence-electron chi connectivity index (χ2n) is 4.89. The number of aromatic nitrogens is 3. The Morgan fingerprint density at radius 3 is 2.76 bits per heavy atom. The van der Waals surface area contributed by atoms with Gasteiger partial charge in [0, 0.05) is 0 Å². The number of carbonyl (C=O) groups is 1. The molecule has 25 heavy (non-hydrogen) atoms. The second kappa shape index (κ2) is 7.21. The molecule has 0 saturated carbocycles. The Hall–Kier alpha value is -3.75. The molecule has 0 aliphatic heterocycles. The molecule has 0 atom stereocenters. The van der Waals surface area contributed by atoms with Crippen molar-refractivity contribution in [1.82, 2.24) is 15.2 Å². The monoisotopic (exact) mass is 339 g/mol. The number of nitrogens with one attached hydrogen (secondary N) is 2. The molecule has 0 bridgehead atoms. The molecule has 9 heteroatoms. The number of rotatable bonds is 5. The lowest BCUT2D eigenvalue weighted by Crippen LogP contribution is -2.15. The molecule has 0 unspecified atom stereocenters. The van der Waals surface area contributed by atoms with E-state index >= 15 is 0 Å². The molecule has 9 nitrogen and oxygen atoms in total. The van der Waals surface area contributed by atoms with Crippen molar-refractivity contribution < 1.29 is 13.9 Å². The fourth-order valence-corrected chi connectivity index (χ4v) is 1.79. The Kier molecular flexibility index (Phi) is 4.65. The van der Waals surface area contributed by atoms with Crippen LogP contribution in [0.15, 0.2) is 57.0 Å². The largest absolute Gasteiger partial charge is 0.457 e. The van der Waals surface area contributed by atoms with Crippen LogP contribution in [0.3, 0.4) is 0 Å². The van der Waals surface area contributed by atoms with Crippen molar-refractivity contribution >= 4 is 18.1 Å². The Morgan fingerprint density at radius 2 is 2.08 bits per heavy atom. The molecule has 0 spiro atoms. The molecule has 1 aromatic carbocycles. The Morgan fingerprint density at radius 1 is 1.28 bits per heavy atom. The van der Waals surface area contributed by atoms with Gasteiger partial charge in [-0.3, -0.25) is 9.78 Å². The van der Waals surface area contributed by atoms with E-state index in [1.165, 1.54) is 18.5 Å². The number of aromatic amines is 1. The third kappa shape index (κ3) is 4.16. The van der Waals surface area contributed by atoms with Crippen LogP contribution in [0.2, 0.25) is 0 Å². The van der Waals surface area contributed by atoms with Gasteiger partial charge in [0.15, 0.2) is 0 Å². The molecule has 2 N–H and O–H groups in total. The molecule has 0 radical (unpaired) electrons. The number of anilines is 1. The van der Waals surface area contributed by atoms with Gasteiger partial charge in [-0.1, -0.05) is 0 Å². The fraction of sp³-hybridized carbons (Fsp3) is 0.0625. The molecule has 0 amide bonds. The molecule has 2 heterocycles.